The van der Waals surface area contributed by atoms with E-state index in [0.29, 0.717) is 0 Å². The Labute approximate surface area is 90.5 Å². The van der Waals surface area contributed by atoms with E-state index in [2.05, 4.69) is 4.98 Å². The Kier molecular flexibility index (Phi) is 2.88. The first-order valence-electron chi connectivity index (χ1n) is 4.87. The molecule has 6 nitrogen and oxygen atoms in total. The number of hydrogen-bond acceptors (Lipinski definition) is 5. The molecule has 1 unspecified atom stereocenters. The van der Waals surface area contributed by atoms with Gasteiger partial charge in [-0.1, -0.05) is 0 Å². The van der Waals surface area contributed by atoms with Crippen molar-refractivity contribution in [2.75, 3.05) is 12.3 Å². The number of aliphatic hydroxyl groups is 1. The fraction of sp³-hybridized carbons (Fsp3) is 0.556. The SMILES string of the molecule is Nc1ccn(C2C[C@@H](F)[C@@H](CO)O2)c(=O)n1. The van der Waals surface area contributed by atoms with Crippen LogP contribution in [0.5, 0.6) is 0 Å². The van der Waals surface area contributed by atoms with Gasteiger partial charge >= 0.3 is 5.69 Å². The summed E-state index contributed by atoms with van der Waals surface area (Å²) in [6.45, 7) is -0.408. The molecule has 0 amide bonds. The van der Waals surface area contributed by atoms with Crippen LogP contribution in [-0.4, -0.2) is 33.5 Å². The lowest BCUT2D eigenvalue weighted by atomic mass is 10.2. The highest BCUT2D eigenvalue weighted by molar-refractivity contribution is 5.23. The minimum atomic E-state index is -1.28. The van der Waals surface area contributed by atoms with Crippen LogP contribution in [0, 0.1) is 0 Å². The first kappa shape index (κ1) is 11.0. The van der Waals surface area contributed by atoms with Crippen molar-refractivity contribution in [2.45, 2.75) is 24.9 Å². The van der Waals surface area contributed by atoms with Crippen molar-refractivity contribution in [3.05, 3.63) is 22.7 Å². The summed E-state index contributed by atoms with van der Waals surface area (Å²) in [5, 5.41) is 8.83. The van der Waals surface area contributed by atoms with Crippen LogP contribution in [0.1, 0.15) is 12.6 Å². The minimum Gasteiger partial charge on any atom is -0.394 e. The van der Waals surface area contributed by atoms with Crippen LogP contribution >= 0.6 is 0 Å². The highest BCUT2D eigenvalue weighted by Crippen LogP contribution is 2.29. The molecule has 0 bridgehead atoms. The zero-order valence-corrected chi connectivity index (χ0v) is 8.41. The van der Waals surface area contributed by atoms with Gasteiger partial charge in [0, 0.05) is 12.6 Å². The maximum absolute atomic E-state index is 13.3. The Morgan fingerprint density at radius 2 is 2.50 bits per heavy atom. The summed E-state index contributed by atoms with van der Waals surface area (Å²) in [7, 11) is 0. The molecule has 3 atom stereocenters. The molecule has 1 aromatic heterocycles. The van der Waals surface area contributed by atoms with Crippen LogP contribution in [0.25, 0.3) is 0 Å². The van der Waals surface area contributed by atoms with E-state index >= 15 is 0 Å². The molecule has 1 aromatic rings. The molecule has 0 aliphatic carbocycles. The quantitative estimate of drug-likeness (QED) is 0.709. The third kappa shape index (κ3) is 1.91. The van der Waals surface area contributed by atoms with E-state index in [1.807, 2.05) is 0 Å². The molecule has 0 saturated carbocycles. The largest absolute Gasteiger partial charge is 0.394 e. The monoisotopic (exact) mass is 229 g/mol. The number of alkyl halides is 1. The van der Waals surface area contributed by atoms with Gasteiger partial charge in [-0.15, -0.1) is 0 Å². The number of ether oxygens (including phenoxy) is 1. The van der Waals surface area contributed by atoms with E-state index in [1.165, 1.54) is 16.8 Å². The Hall–Kier alpha value is -1.47. The second kappa shape index (κ2) is 4.18. The Balaban J connectivity index is 2.23. The van der Waals surface area contributed by atoms with Crippen LogP contribution in [0.2, 0.25) is 0 Å². The highest BCUT2D eigenvalue weighted by atomic mass is 19.1. The predicted octanol–water partition coefficient (Wildman–Crippen LogP) is -0.557. The lowest BCUT2D eigenvalue weighted by molar-refractivity contribution is -0.0355. The van der Waals surface area contributed by atoms with Crippen molar-refractivity contribution < 1.29 is 14.2 Å². The Morgan fingerprint density at radius 3 is 3.06 bits per heavy atom. The van der Waals surface area contributed by atoms with Crippen molar-refractivity contribution in [1.82, 2.24) is 9.55 Å². The second-order valence-corrected chi connectivity index (χ2v) is 3.61. The molecule has 1 saturated heterocycles. The first-order chi connectivity index (χ1) is 7.61. The number of aliphatic hydroxyl groups excluding tert-OH is 1. The molecule has 0 radical (unpaired) electrons. The molecule has 7 heteroatoms. The molecule has 1 aliphatic rings. The van der Waals surface area contributed by atoms with E-state index in [0.717, 1.165) is 0 Å². The molecule has 0 spiro atoms. The van der Waals surface area contributed by atoms with Crippen molar-refractivity contribution in [1.29, 1.82) is 0 Å². The number of nitrogens with zero attached hydrogens (tertiary/aromatic N) is 2. The Bertz CT molecular complexity index is 436. The summed E-state index contributed by atoms with van der Waals surface area (Å²) in [6, 6.07) is 1.43. The molecule has 1 fully saturated rings. The summed E-state index contributed by atoms with van der Waals surface area (Å²) in [5.41, 5.74) is 4.74. The van der Waals surface area contributed by atoms with Gasteiger partial charge < -0.3 is 15.6 Å². The van der Waals surface area contributed by atoms with Gasteiger partial charge in [0.1, 0.15) is 24.3 Å². The molecule has 16 heavy (non-hydrogen) atoms. The maximum Gasteiger partial charge on any atom is 0.351 e. The van der Waals surface area contributed by atoms with Crippen LogP contribution in [0.15, 0.2) is 17.1 Å². The van der Waals surface area contributed by atoms with Crippen molar-refractivity contribution in [3.8, 4) is 0 Å². The highest BCUT2D eigenvalue weighted by Gasteiger charge is 2.36. The number of aromatic nitrogens is 2. The van der Waals surface area contributed by atoms with Crippen molar-refractivity contribution in [2.24, 2.45) is 0 Å². The van der Waals surface area contributed by atoms with Gasteiger partial charge in [0.25, 0.3) is 0 Å². The maximum atomic E-state index is 13.3. The number of nitrogen functional groups attached to an aromatic ring is 1. The zero-order chi connectivity index (χ0) is 11.7. The van der Waals surface area contributed by atoms with Crippen molar-refractivity contribution in [3.63, 3.8) is 0 Å². The molecule has 2 heterocycles. The van der Waals surface area contributed by atoms with E-state index in [-0.39, 0.29) is 12.2 Å². The third-order valence-corrected chi connectivity index (χ3v) is 2.50. The van der Waals surface area contributed by atoms with Crippen LogP contribution in [0.3, 0.4) is 0 Å². The van der Waals surface area contributed by atoms with Gasteiger partial charge in [0.2, 0.25) is 0 Å². The number of rotatable bonds is 2. The Morgan fingerprint density at radius 1 is 1.75 bits per heavy atom. The van der Waals surface area contributed by atoms with E-state index in [4.69, 9.17) is 15.6 Å². The van der Waals surface area contributed by atoms with Gasteiger partial charge in [-0.25, -0.2) is 9.18 Å². The lowest BCUT2D eigenvalue weighted by Crippen LogP contribution is -2.27. The summed E-state index contributed by atoms with van der Waals surface area (Å²) in [6.07, 6.45) is -1.46. The molecular formula is C9H12FN3O3. The van der Waals surface area contributed by atoms with Crippen LogP contribution in [0.4, 0.5) is 10.2 Å². The lowest BCUT2D eigenvalue weighted by Gasteiger charge is -2.13. The molecule has 88 valence electrons. The van der Waals surface area contributed by atoms with Gasteiger partial charge in [-0.05, 0) is 6.07 Å². The smallest absolute Gasteiger partial charge is 0.351 e. The van der Waals surface area contributed by atoms with Gasteiger partial charge in [0.15, 0.2) is 0 Å². The average molecular weight is 229 g/mol. The molecule has 1 aliphatic heterocycles. The fourth-order valence-corrected chi connectivity index (χ4v) is 1.67. The van der Waals surface area contributed by atoms with E-state index < -0.39 is 30.8 Å². The van der Waals surface area contributed by atoms with Crippen LogP contribution in [-0.2, 0) is 4.74 Å². The average Bonchev–Trinajstić information content (AvgIpc) is 2.59. The summed E-state index contributed by atoms with van der Waals surface area (Å²) >= 11 is 0. The third-order valence-electron chi connectivity index (χ3n) is 2.50. The molecular weight excluding hydrogens is 217 g/mol. The molecule has 0 aromatic carbocycles. The van der Waals surface area contributed by atoms with Gasteiger partial charge in [0.05, 0.1) is 6.61 Å². The fourth-order valence-electron chi connectivity index (χ4n) is 1.67. The summed E-state index contributed by atoms with van der Waals surface area (Å²) in [4.78, 5) is 14.9. The van der Waals surface area contributed by atoms with E-state index in [1.54, 1.807) is 0 Å². The summed E-state index contributed by atoms with van der Waals surface area (Å²) in [5.74, 6) is 0.106. The molecule has 3 N–H and O–H groups in total. The van der Waals surface area contributed by atoms with Crippen molar-refractivity contribution >= 4 is 5.82 Å². The number of hydrogen-bond donors (Lipinski definition) is 2. The normalized spacial score (nSPS) is 29.5. The second-order valence-electron chi connectivity index (χ2n) is 3.61. The zero-order valence-electron chi connectivity index (χ0n) is 8.41. The number of nitrogens with two attached hydrogens (primary N) is 1. The first-order valence-corrected chi connectivity index (χ1v) is 4.87. The number of anilines is 1. The van der Waals surface area contributed by atoms with E-state index in [9.17, 15) is 9.18 Å². The number of halogens is 1. The van der Waals surface area contributed by atoms with Crippen LogP contribution < -0.4 is 11.4 Å². The molecule has 2 rings (SSSR count). The minimum absolute atomic E-state index is 0.0245. The van der Waals surface area contributed by atoms with Gasteiger partial charge in [-0.2, -0.15) is 4.98 Å². The summed E-state index contributed by atoms with van der Waals surface area (Å²) < 4.78 is 19.6. The predicted molar refractivity (Wildman–Crippen MR) is 53.4 cm³/mol. The van der Waals surface area contributed by atoms with Gasteiger partial charge in [-0.3, -0.25) is 4.57 Å². The standard InChI is InChI=1S/C9H12FN3O3/c10-5-3-8(16-6(5)4-14)13-2-1-7(11)12-9(13)15/h1-2,5-6,8,14H,3-4H2,(H2,11,12,15)/t5-,6-,8?/m1/s1. The topological polar surface area (TPSA) is 90.4 Å².